The van der Waals surface area contributed by atoms with Gasteiger partial charge < -0.3 is 11.1 Å². The second kappa shape index (κ2) is 4.96. The van der Waals surface area contributed by atoms with Crippen LogP contribution in [0.15, 0.2) is 6.07 Å². The van der Waals surface area contributed by atoms with Gasteiger partial charge in [0, 0.05) is 10.9 Å². The summed E-state index contributed by atoms with van der Waals surface area (Å²) >= 11 is 1.67. The Bertz CT molecular complexity index is 588. The highest BCUT2D eigenvalue weighted by atomic mass is 32.1. The Morgan fingerprint density at radius 1 is 1.47 bits per heavy atom. The van der Waals surface area contributed by atoms with Crippen LogP contribution < -0.4 is 11.1 Å². The second-order valence-corrected chi connectivity index (χ2v) is 6.67. The normalized spacial score (nSPS) is 16.7. The zero-order valence-corrected chi connectivity index (χ0v) is 12.3. The first-order chi connectivity index (χ1) is 9.15. The molecule has 0 spiro atoms. The van der Waals surface area contributed by atoms with Crippen molar-refractivity contribution in [1.82, 2.24) is 9.97 Å². The third-order valence-electron chi connectivity index (χ3n) is 3.68. The van der Waals surface area contributed by atoms with Gasteiger partial charge in [0.1, 0.15) is 10.6 Å². The van der Waals surface area contributed by atoms with Crippen molar-refractivity contribution in [3.63, 3.8) is 0 Å². The monoisotopic (exact) mass is 276 g/mol. The molecule has 0 radical (unpaired) electrons. The van der Waals surface area contributed by atoms with Gasteiger partial charge >= 0.3 is 0 Å². The van der Waals surface area contributed by atoms with Gasteiger partial charge in [-0.3, -0.25) is 0 Å². The zero-order valence-electron chi connectivity index (χ0n) is 11.4. The van der Waals surface area contributed by atoms with E-state index in [1.807, 2.05) is 0 Å². The minimum atomic E-state index is 0.359. The number of hydrogen-bond donors (Lipinski definition) is 2. The summed E-state index contributed by atoms with van der Waals surface area (Å²) in [7, 11) is 0. The first-order valence-corrected chi connectivity index (χ1v) is 7.77. The van der Waals surface area contributed by atoms with Crippen LogP contribution in [-0.2, 0) is 0 Å². The lowest BCUT2D eigenvalue weighted by molar-refractivity contribution is 0.586. The molecule has 1 fully saturated rings. The SMILES string of the molecule is CCC(CC1CC1)Nc1nc(N)nc2sc(C)cc12. The number of anilines is 2. The van der Waals surface area contributed by atoms with Gasteiger partial charge in [-0.15, -0.1) is 11.3 Å². The molecule has 0 amide bonds. The van der Waals surface area contributed by atoms with Gasteiger partial charge in [0.25, 0.3) is 0 Å². The highest BCUT2D eigenvalue weighted by Crippen LogP contribution is 2.36. The molecule has 1 aliphatic carbocycles. The lowest BCUT2D eigenvalue weighted by atomic mass is 10.1. The molecule has 1 unspecified atom stereocenters. The molecule has 5 heteroatoms. The average molecular weight is 276 g/mol. The number of rotatable bonds is 5. The fourth-order valence-electron chi connectivity index (χ4n) is 2.45. The quantitative estimate of drug-likeness (QED) is 0.876. The van der Waals surface area contributed by atoms with Crippen LogP contribution in [0.25, 0.3) is 10.2 Å². The molecule has 19 heavy (non-hydrogen) atoms. The third-order valence-corrected chi connectivity index (χ3v) is 4.63. The molecule has 0 aliphatic heterocycles. The molecule has 3 N–H and O–H groups in total. The summed E-state index contributed by atoms with van der Waals surface area (Å²) in [4.78, 5) is 10.9. The van der Waals surface area contributed by atoms with E-state index < -0.39 is 0 Å². The second-order valence-electron chi connectivity index (χ2n) is 5.43. The lowest BCUT2D eigenvalue weighted by Crippen LogP contribution is -2.20. The number of aryl methyl sites for hydroxylation is 1. The van der Waals surface area contributed by atoms with E-state index in [1.54, 1.807) is 11.3 Å². The van der Waals surface area contributed by atoms with Crippen LogP contribution in [0, 0.1) is 12.8 Å². The molecule has 2 aromatic heterocycles. The van der Waals surface area contributed by atoms with Gasteiger partial charge in [-0.2, -0.15) is 4.98 Å². The van der Waals surface area contributed by atoms with Gasteiger partial charge in [-0.25, -0.2) is 4.98 Å². The molecule has 1 saturated carbocycles. The summed E-state index contributed by atoms with van der Waals surface area (Å²) < 4.78 is 0. The molecule has 1 atom stereocenters. The van der Waals surface area contributed by atoms with Crippen molar-refractivity contribution in [2.45, 2.75) is 45.6 Å². The van der Waals surface area contributed by atoms with Crippen molar-refractivity contribution in [3.8, 4) is 0 Å². The predicted molar refractivity (Wildman–Crippen MR) is 81.6 cm³/mol. The maximum Gasteiger partial charge on any atom is 0.223 e. The third kappa shape index (κ3) is 2.81. The van der Waals surface area contributed by atoms with E-state index >= 15 is 0 Å². The van der Waals surface area contributed by atoms with Crippen molar-refractivity contribution < 1.29 is 0 Å². The largest absolute Gasteiger partial charge is 0.368 e. The van der Waals surface area contributed by atoms with Crippen LogP contribution in [0.4, 0.5) is 11.8 Å². The zero-order chi connectivity index (χ0) is 13.4. The molecule has 2 aromatic rings. The van der Waals surface area contributed by atoms with Gasteiger partial charge in [-0.05, 0) is 31.7 Å². The number of nitrogen functional groups attached to an aromatic ring is 1. The predicted octanol–water partition coefficient (Wildman–Crippen LogP) is 3.57. The van der Waals surface area contributed by atoms with E-state index in [-0.39, 0.29) is 0 Å². The van der Waals surface area contributed by atoms with Crippen LogP contribution >= 0.6 is 11.3 Å². The van der Waals surface area contributed by atoms with E-state index in [1.165, 1.54) is 24.1 Å². The lowest BCUT2D eigenvalue weighted by Gasteiger charge is -2.17. The molecule has 1 aliphatic rings. The minimum Gasteiger partial charge on any atom is -0.368 e. The van der Waals surface area contributed by atoms with Gasteiger partial charge in [0.2, 0.25) is 5.95 Å². The van der Waals surface area contributed by atoms with Gasteiger partial charge in [0.05, 0.1) is 5.39 Å². The van der Waals surface area contributed by atoms with Gasteiger partial charge in [0.15, 0.2) is 0 Å². The average Bonchev–Trinajstić information content (AvgIpc) is 3.09. The van der Waals surface area contributed by atoms with Crippen molar-refractivity contribution in [1.29, 1.82) is 0 Å². The number of nitrogens with one attached hydrogen (secondary N) is 1. The van der Waals surface area contributed by atoms with Crippen LogP contribution in [-0.4, -0.2) is 16.0 Å². The van der Waals surface area contributed by atoms with Crippen molar-refractivity contribution in [2.24, 2.45) is 5.92 Å². The topological polar surface area (TPSA) is 63.8 Å². The summed E-state index contributed by atoms with van der Waals surface area (Å²) in [6.07, 6.45) is 5.13. The van der Waals surface area contributed by atoms with Crippen LogP contribution in [0.2, 0.25) is 0 Å². The maximum atomic E-state index is 5.81. The highest BCUT2D eigenvalue weighted by molar-refractivity contribution is 7.18. The van der Waals surface area contributed by atoms with Crippen molar-refractivity contribution >= 4 is 33.3 Å². The highest BCUT2D eigenvalue weighted by Gasteiger charge is 2.25. The summed E-state index contributed by atoms with van der Waals surface area (Å²) in [5.41, 5.74) is 5.81. The van der Waals surface area contributed by atoms with Gasteiger partial charge in [-0.1, -0.05) is 19.8 Å². The summed E-state index contributed by atoms with van der Waals surface area (Å²) in [6.45, 7) is 4.31. The molecular formula is C14H20N4S. The fraction of sp³-hybridized carbons (Fsp3) is 0.571. The molecule has 0 bridgehead atoms. The van der Waals surface area contributed by atoms with E-state index in [4.69, 9.17) is 5.73 Å². The number of aromatic nitrogens is 2. The smallest absolute Gasteiger partial charge is 0.223 e. The molecule has 3 rings (SSSR count). The van der Waals surface area contributed by atoms with Crippen LogP contribution in [0.5, 0.6) is 0 Å². The number of nitrogens with zero attached hydrogens (tertiary/aromatic N) is 2. The van der Waals surface area contributed by atoms with Crippen molar-refractivity contribution in [2.75, 3.05) is 11.1 Å². The molecule has 0 aromatic carbocycles. The summed E-state index contributed by atoms with van der Waals surface area (Å²) in [5, 5.41) is 4.68. The van der Waals surface area contributed by atoms with Crippen LogP contribution in [0.1, 0.15) is 37.5 Å². The van der Waals surface area contributed by atoms with E-state index in [0.717, 1.165) is 28.4 Å². The molecular weight excluding hydrogens is 256 g/mol. The maximum absolute atomic E-state index is 5.81. The number of thiophene rings is 1. The van der Waals surface area contributed by atoms with Crippen molar-refractivity contribution in [3.05, 3.63) is 10.9 Å². The summed E-state index contributed by atoms with van der Waals surface area (Å²) in [6, 6.07) is 2.64. The minimum absolute atomic E-state index is 0.359. The Morgan fingerprint density at radius 2 is 2.26 bits per heavy atom. The Hall–Kier alpha value is -1.36. The Labute approximate surface area is 117 Å². The van der Waals surface area contributed by atoms with E-state index in [2.05, 4.69) is 35.2 Å². The molecule has 4 nitrogen and oxygen atoms in total. The molecule has 102 valence electrons. The Kier molecular flexibility index (Phi) is 3.31. The standard InChI is InChI=1S/C14H20N4S/c1-3-10(7-9-4-5-9)16-12-11-6-8(2)19-13(11)18-14(15)17-12/h6,9-10H,3-5,7H2,1-2H3,(H3,15,16,17,18). The first kappa shape index (κ1) is 12.7. The van der Waals surface area contributed by atoms with E-state index in [0.29, 0.717) is 12.0 Å². The number of hydrogen-bond acceptors (Lipinski definition) is 5. The number of nitrogens with two attached hydrogens (primary N) is 1. The molecule has 2 heterocycles. The Morgan fingerprint density at radius 3 is 2.95 bits per heavy atom. The Balaban J connectivity index is 1.89. The molecule has 0 saturated heterocycles. The fourth-order valence-corrected chi connectivity index (χ4v) is 3.33. The summed E-state index contributed by atoms with van der Waals surface area (Å²) in [5.74, 6) is 2.17. The first-order valence-electron chi connectivity index (χ1n) is 6.96. The van der Waals surface area contributed by atoms with Crippen LogP contribution in [0.3, 0.4) is 0 Å². The van der Waals surface area contributed by atoms with E-state index in [9.17, 15) is 0 Å². The number of fused-ring (bicyclic) bond motifs is 1.